The Hall–Kier alpha value is -2.64. The van der Waals surface area contributed by atoms with Crippen molar-refractivity contribution in [3.8, 4) is 0 Å². The zero-order valence-corrected chi connectivity index (χ0v) is 16.9. The number of imide groups is 1. The van der Waals surface area contributed by atoms with E-state index in [0.717, 1.165) is 9.78 Å². The van der Waals surface area contributed by atoms with Crippen LogP contribution in [0.2, 0.25) is 4.34 Å². The van der Waals surface area contributed by atoms with Gasteiger partial charge in [0.15, 0.2) is 0 Å². The predicted octanol–water partition coefficient (Wildman–Crippen LogP) is 3.38. The van der Waals surface area contributed by atoms with Gasteiger partial charge in [0.2, 0.25) is 5.91 Å². The first kappa shape index (κ1) is 20.1. The van der Waals surface area contributed by atoms with Gasteiger partial charge in [-0.05, 0) is 24.6 Å². The van der Waals surface area contributed by atoms with Gasteiger partial charge >= 0.3 is 6.03 Å². The van der Waals surface area contributed by atoms with Crippen LogP contribution in [-0.2, 0) is 21.7 Å². The van der Waals surface area contributed by atoms with Gasteiger partial charge in [0, 0.05) is 11.4 Å². The van der Waals surface area contributed by atoms with E-state index in [0.29, 0.717) is 23.0 Å². The molecule has 4 amide bonds. The van der Waals surface area contributed by atoms with E-state index >= 15 is 0 Å². The Bertz CT molecular complexity index is 914. The molecule has 0 radical (unpaired) electrons. The molecule has 2 aromatic rings. The van der Waals surface area contributed by atoms with Crippen LogP contribution in [0.3, 0.4) is 0 Å². The molecule has 0 saturated carbocycles. The Morgan fingerprint density at radius 1 is 1.29 bits per heavy atom. The van der Waals surface area contributed by atoms with E-state index in [1.807, 2.05) is 12.1 Å². The molecule has 1 aliphatic rings. The molecule has 28 heavy (non-hydrogen) atoms. The lowest BCUT2D eigenvalue weighted by molar-refractivity contribution is -0.138. The molecule has 6 nitrogen and oxygen atoms in total. The van der Waals surface area contributed by atoms with Crippen LogP contribution in [-0.4, -0.2) is 40.7 Å². The van der Waals surface area contributed by atoms with E-state index in [-0.39, 0.29) is 12.5 Å². The second kappa shape index (κ2) is 8.16. The van der Waals surface area contributed by atoms with Crippen LogP contribution in [0, 0.1) is 0 Å². The summed E-state index contributed by atoms with van der Waals surface area (Å²) in [5.74, 6) is -0.792. The molecule has 1 atom stereocenters. The SMILES string of the molecule is C=CCN(Cc1ccc(Cl)s1)C(=O)CN1C(=O)N[C@](C)(c2ccccc2)C1=O. The van der Waals surface area contributed by atoms with Crippen LogP contribution in [0.25, 0.3) is 0 Å². The number of carbonyl (C=O) groups excluding carboxylic acids is 3. The maximum absolute atomic E-state index is 13.0. The summed E-state index contributed by atoms with van der Waals surface area (Å²) in [6, 6.07) is 12.0. The van der Waals surface area contributed by atoms with Gasteiger partial charge < -0.3 is 10.2 Å². The van der Waals surface area contributed by atoms with Crippen molar-refractivity contribution < 1.29 is 14.4 Å². The van der Waals surface area contributed by atoms with Crippen molar-refractivity contribution in [1.82, 2.24) is 15.1 Å². The number of rotatable bonds is 7. The number of nitrogens with one attached hydrogen (secondary N) is 1. The van der Waals surface area contributed by atoms with Gasteiger partial charge in [-0.3, -0.25) is 14.5 Å². The minimum atomic E-state index is -1.19. The number of thiophene rings is 1. The highest BCUT2D eigenvalue weighted by Gasteiger charge is 2.49. The molecule has 8 heteroatoms. The number of nitrogens with zero attached hydrogens (tertiary/aromatic N) is 2. The fourth-order valence-electron chi connectivity index (χ4n) is 3.08. The fraction of sp³-hybridized carbons (Fsp3) is 0.250. The maximum atomic E-state index is 13.0. The quantitative estimate of drug-likeness (QED) is 0.554. The lowest BCUT2D eigenvalue weighted by Gasteiger charge is -2.24. The van der Waals surface area contributed by atoms with Crippen LogP contribution < -0.4 is 5.32 Å². The Morgan fingerprint density at radius 3 is 2.61 bits per heavy atom. The van der Waals surface area contributed by atoms with Crippen molar-refractivity contribution in [3.05, 3.63) is 69.9 Å². The van der Waals surface area contributed by atoms with Crippen LogP contribution >= 0.6 is 22.9 Å². The lowest BCUT2D eigenvalue weighted by atomic mass is 9.92. The van der Waals surface area contributed by atoms with Crippen LogP contribution in [0.5, 0.6) is 0 Å². The summed E-state index contributed by atoms with van der Waals surface area (Å²) in [5, 5.41) is 2.71. The summed E-state index contributed by atoms with van der Waals surface area (Å²) < 4.78 is 0.633. The second-order valence-corrected chi connectivity index (χ2v) is 8.38. The molecule has 1 aromatic heterocycles. The van der Waals surface area contributed by atoms with E-state index in [9.17, 15) is 14.4 Å². The zero-order chi connectivity index (χ0) is 20.3. The Labute approximate surface area is 172 Å². The molecule has 1 fully saturated rings. The van der Waals surface area contributed by atoms with E-state index in [2.05, 4.69) is 11.9 Å². The molecule has 0 spiro atoms. The molecule has 1 saturated heterocycles. The van der Waals surface area contributed by atoms with Gasteiger partial charge in [0.05, 0.1) is 10.9 Å². The van der Waals surface area contributed by atoms with Crippen LogP contribution in [0.4, 0.5) is 4.79 Å². The zero-order valence-electron chi connectivity index (χ0n) is 15.4. The third kappa shape index (κ3) is 3.95. The van der Waals surface area contributed by atoms with Gasteiger partial charge in [0.1, 0.15) is 12.1 Å². The first-order valence-electron chi connectivity index (χ1n) is 8.67. The predicted molar refractivity (Wildman–Crippen MR) is 109 cm³/mol. The molecular formula is C20H20ClN3O3S. The van der Waals surface area contributed by atoms with Gasteiger partial charge in [-0.25, -0.2) is 4.79 Å². The Balaban J connectivity index is 1.75. The van der Waals surface area contributed by atoms with Crippen molar-refractivity contribution in [2.75, 3.05) is 13.1 Å². The van der Waals surface area contributed by atoms with E-state index < -0.39 is 17.5 Å². The monoisotopic (exact) mass is 417 g/mol. The summed E-state index contributed by atoms with van der Waals surface area (Å²) in [4.78, 5) is 41.6. The van der Waals surface area contributed by atoms with Gasteiger partial charge in [-0.1, -0.05) is 48.0 Å². The highest BCUT2D eigenvalue weighted by Crippen LogP contribution is 2.29. The number of halogens is 1. The van der Waals surface area contributed by atoms with Gasteiger partial charge in [0.25, 0.3) is 5.91 Å². The van der Waals surface area contributed by atoms with Crippen molar-refractivity contribution >= 4 is 40.8 Å². The molecule has 1 aromatic carbocycles. The molecule has 146 valence electrons. The number of hydrogen-bond donors (Lipinski definition) is 1. The molecule has 0 unspecified atom stereocenters. The minimum absolute atomic E-state index is 0.300. The highest BCUT2D eigenvalue weighted by molar-refractivity contribution is 7.16. The highest BCUT2D eigenvalue weighted by atomic mass is 35.5. The average molecular weight is 418 g/mol. The first-order chi connectivity index (χ1) is 13.3. The van der Waals surface area contributed by atoms with Gasteiger partial charge in [-0.2, -0.15) is 0 Å². The topological polar surface area (TPSA) is 69.7 Å². The Kier molecular flexibility index (Phi) is 5.86. The second-order valence-electron chi connectivity index (χ2n) is 6.58. The summed E-state index contributed by atoms with van der Waals surface area (Å²) in [6.07, 6.45) is 1.60. The molecule has 2 heterocycles. The van der Waals surface area contributed by atoms with Crippen molar-refractivity contribution in [3.63, 3.8) is 0 Å². The summed E-state index contributed by atoms with van der Waals surface area (Å²) in [5.41, 5.74) is -0.525. The smallest absolute Gasteiger partial charge is 0.325 e. The Morgan fingerprint density at radius 2 is 2.00 bits per heavy atom. The maximum Gasteiger partial charge on any atom is 0.325 e. The van der Waals surface area contributed by atoms with E-state index in [4.69, 9.17) is 11.6 Å². The number of benzene rings is 1. The molecule has 0 aliphatic carbocycles. The van der Waals surface area contributed by atoms with Crippen molar-refractivity contribution in [1.29, 1.82) is 0 Å². The molecular weight excluding hydrogens is 398 g/mol. The third-order valence-corrected chi connectivity index (χ3v) is 5.81. The fourth-order valence-corrected chi connectivity index (χ4v) is 4.18. The summed E-state index contributed by atoms with van der Waals surface area (Å²) >= 11 is 7.33. The van der Waals surface area contributed by atoms with Crippen molar-refractivity contribution in [2.24, 2.45) is 0 Å². The summed E-state index contributed by atoms with van der Waals surface area (Å²) in [7, 11) is 0. The third-order valence-electron chi connectivity index (χ3n) is 4.60. The number of carbonyl (C=O) groups is 3. The molecule has 1 aliphatic heterocycles. The number of hydrogen-bond acceptors (Lipinski definition) is 4. The minimum Gasteiger partial charge on any atom is -0.332 e. The first-order valence-corrected chi connectivity index (χ1v) is 9.87. The molecule has 0 bridgehead atoms. The van der Waals surface area contributed by atoms with E-state index in [1.165, 1.54) is 16.2 Å². The lowest BCUT2D eigenvalue weighted by Crippen LogP contribution is -2.44. The van der Waals surface area contributed by atoms with Crippen LogP contribution in [0.1, 0.15) is 17.4 Å². The molecule has 3 rings (SSSR count). The average Bonchev–Trinajstić information content (AvgIpc) is 3.18. The number of amides is 4. The van der Waals surface area contributed by atoms with E-state index in [1.54, 1.807) is 43.3 Å². The van der Waals surface area contributed by atoms with Gasteiger partial charge in [-0.15, -0.1) is 17.9 Å². The largest absolute Gasteiger partial charge is 0.332 e. The summed E-state index contributed by atoms with van der Waals surface area (Å²) in [6.45, 7) is 5.62. The number of urea groups is 1. The van der Waals surface area contributed by atoms with Crippen LogP contribution in [0.15, 0.2) is 55.1 Å². The van der Waals surface area contributed by atoms with Crippen molar-refractivity contribution in [2.45, 2.75) is 19.0 Å². The molecule has 1 N–H and O–H groups in total. The normalized spacial score (nSPS) is 18.9. The standard InChI is InChI=1S/C20H20ClN3O3S/c1-3-11-23(12-15-9-10-16(21)28-15)17(25)13-24-18(26)20(2,22-19(24)27)14-7-5-4-6-8-14/h3-10H,1,11-13H2,2H3,(H,22,27)/t20-/m1/s1.